The number of rotatable bonds is 6. The molecule has 0 saturated carbocycles. The molecule has 5 nitrogen and oxygen atoms in total. The molecule has 0 bridgehead atoms. The lowest BCUT2D eigenvalue weighted by atomic mass is 10.1. The maximum atomic E-state index is 11.7. The summed E-state index contributed by atoms with van der Waals surface area (Å²) >= 11 is 0. The molecule has 0 spiro atoms. The van der Waals surface area contributed by atoms with E-state index < -0.39 is 0 Å². The standard InChI is InChI=1S/C16H22N4O/c1-12(2)19-15(21)8-9-20-11-18-10-14(20)16(17)13-6-4-3-5-7-13/h3-7,10-12,16H,8-9,17H2,1-2H3,(H,19,21). The average Bonchev–Trinajstić information content (AvgIpc) is 2.93. The highest BCUT2D eigenvalue weighted by atomic mass is 16.1. The van der Waals surface area contributed by atoms with E-state index in [9.17, 15) is 4.79 Å². The second-order valence-corrected chi connectivity index (χ2v) is 5.37. The van der Waals surface area contributed by atoms with Gasteiger partial charge in [0, 0.05) is 19.0 Å². The van der Waals surface area contributed by atoms with E-state index in [2.05, 4.69) is 10.3 Å². The summed E-state index contributed by atoms with van der Waals surface area (Å²) in [6.45, 7) is 4.48. The molecular formula is C16H22N4O. The van der Waals surface area contributed by atoms with E-state index in [1.807, 2.05) is 48.7 Å². The number of aromatic nitrogens is 2. The third-order valence-corrected chi connectivity index (χ3v) is 3.25. The maximum Gasteiger partial charge on any atom is 0.221 e. The molecule has 0 aliphatic rings. The summed E-state index contributed by atoms with van der Waals surface area (Å²) in [6.07, 6.45) is 3.90. The Balaban J connectivity index is 2.03. The van der Waals surface area contributed by atoms with Crippen LogP contribution in [0.25, 0.3) is 0 Å². The van der Waals surface area contributed by atoms with Crippen LogP contribution in [-0.4, -0.2) is 21.5 Å². The first-order chi connectivity index (χ1) is 10.1. The van der Waals surface area contributed by atoms with Crippen molar-refractivity contribution in [1.82, 2.24) is 14.9 Å². The number of imidazole rings is 1. The van der Waals surface area contributed by atoms with Crippen LogP contribution in [0.3, 0.4) is 0 Å². The minimum absolute atomic E-state index is 0.0398. The SMILES string of the molecule is CC(C)NC(=O)CCn1cncc1C(N)c1ccccc1. The van der Waals surface area contributed by atoms with Gasteiger partial charge >= 0.3 is 0 Å². The first-order valence-corrected chi connectivity index (χ1v) is 7.18. The summed E-state index contributed by atoms with van der Waals surface area (Å²) in [7, 11) is 0. The molecule has 0 saturated heterocycles. The van der Waals surface area contributed by atoms with Crippen LogP contribution in [0, 0.1) is 0 Å². The lowest BCUT2D eigenvalue weighted by Gasteiger charge is -2.15. The molecule has 1 unspecified atom stereocenters. The number of nitrogens with zero attached hydrogens (tertiary/aromatic N) is 2. The summed E-state index contributed by atoms with van der Waals surface area (Å²) in [4.78, 5) is 15.9. The van der Waals surface area contributed by atoms with Crippen molar-refractivity contribution in [2.45, 2.75) is 38.9 Å². The topological polar surface area (TPSA) is 72.9 Å². The molecule has 2 rings (SSSR count). The maximum absolute atomic E-state index is 11.7. The number of hydrogen-bond acceptors (Lipinski definition) is 3. The molecule has 21 heavy (non-hydrogen) atoms. The normalized spacial score (nSPS) is 12.4. The van der Waals surface area contributed by atoms with Crippen molar-refractivity contribution >= 4 is 5.91 Å². The Morgan fingerprint density at radius 1 is 1.33 bits per heavy atom. The summed E-state index contributed by atoms with van der Waals surface area (Å²) < 4.78 is 1.94. The molecule has 1 aromatic carbocycles. The summed E-state index contributed by atoms with van der Waals surface area (Å²) in [6, 6.07) is 9.80. The van der Waals surface area contributed by atoms with E-state index in [0.29, 0.717) is 13.0 Å². The van der Waals surface area contributed by atoms with E-state index in [-0.39, 0.29) is 18.0 Å². The molecule has 5 heteroatoms. The molecule has 0 fully saturated rings. The van der Waals surface area contributed by atoms with Crippen LogP contribution < -0.4 is 11.1 Å². The molecule has 1 amide bonds. The van der Waals surface area contributed by atoms with Crippen molar-refractivity contribution < 1.29 is 4.79 Å². The Morgan fingerprint density at radius 2 is 2.05 bits per heavy atom. The molecule has 1 atom stereocenters. The zero-order valence-corrected chi connectivity index (χ0v) is 12.5. The van der Waals surface area contributed by atoms with Crippen LogP contribution in [0.1, 0.15) is 37.6 Å². The van der Waals surface area contributed by atoms with E-state index >= 15 is 0 Å². The minimum atomic E-state index is -0.234. The fraction of sp³-hybridized carbons (Fsp3) is 0.375. The largest absolute Gasteiger partial charge is 0.354 e. The number of amides is 1. The molecule has 0 radical (unpaired) electrons. The molecule has 1 aromatic heterocycles. The average molecular weight is 286 g/mol. The van der Waals surface area contributed by atoms with Gasteiger partial charge in [-0.3, -0.25) is 4.79 Å². The van der Waals surface area contributed by atoms with Gasteiger partial charge in [0.15, 0.2) is 0 Å². The minimum Gasteiger partial charge on any atom is -0.354 e. The lowest BCUT2D eigenvalue weighted by Crippen LogP contribution is -2.31. The molecule has 0 aliphatic carbocycles. The van der Waals surface area contributed by atoms with Crippen LogP contribution in [-0.2, 0) is 11.3 Å². The van der Waals surface area contributed by atoms with Crippen molar-refractivity contribution in [1.29, 1.82) is 0 Å². The first kappa shape index (κ1) is 15.3. The van der Waals surface area contributed by atoms with Crippen molar-refractivity contribution in [2.24, 2.45) is 5.73 Å². The Labute approximate surface area is 125 Å². The number of nitrogens with two attached hydrogens (primary N) is 1. The van der Waals surface area contributed by atoms with Gasteiger partial charge in [-0.2, -0.15) is 0 Å². The molecule has 3 N–H and O–H groups in total. The van der Waals surface area contributed by atoms with Gasteiger partial charge in [-0.25, -0.2) is 4.98 Å². The summed E-state index contributed by atoms with van der Waals surface area (Å²) in [5.41, 5.74) is 8.24. The fourth-order valence-corrected chi connectivity index (χ4v) is 2.22. The van der Waals surface area contributed by atoms with Gasteiger partial charge in [-0.15, -0.1) is 0 Å². The molecular weight excluding hydrogens is 264 g/mol. The zero-order valence-electron chi connectivity index (χ0n) is 12.5. The highest BCUT2D eigenvalue weighted by Gasteiger charge is 2.14. The van der Waals surface area contributed by atoms with Crippen molar-refractivity contribution in [2.75, 3.05) is 0 Å². The van der Waals surface area contributed by atoms with Crippen LogP contribution >= 0.6 is 0 Å². The van der Waals surface area contributed by atoms with Crippen LogP contribution in [0.15, 0.2) is 42.9 Å². The molecule has 0 aliphatic heterocycles. The summed E-state index contributed by atoms with van der Waals surface area (Å²) in [5, 5.41) is 2.88. The molecule has 112 valence electrons. The van der Waals surface area contributed by atoms with Crippen LogP contribution in [0.2, 0.25) is 0 Å². The van der Waals surface area contributed by atoms with Gasteiger partial charge in [-0.1, -0.05) is 30.3 Å². The monoisotopic (exact) mass is 286 g/mol. The second-order valence-electron chi connectivity index (χ2n) is 5.37. The quantitative estimate of drug-likeness (QED) is 0.851. The number of aryl methyl sites for hydroxylation is 1. The zero-order chi connectivity index (χ0) is 15.2. The number of benzene rings is 1. The van der Waals surface area contributed by atoms with Gasteiger partial charge in [0.25, 0.3) is 0 Å². The Kier molecular flexibility index (Phi) is 5.11. The Bertz CT molecular complexity index is 577. The van der Waals surface area contributed by atoms with E-state index in [0.717, 1.165) is 11.3 Å². The number of carbonyl (C=O) groups is 1. The predicted molar refractivity (Wildman–Crippen MR) is 82.6 cm³/mol. The second kappa shape index (κ2) is 7.04. The van der Waals surface area contributed by atoms with E-state index in [1.54, 1.807) is 12.5 Å². The van der Waals surface area contributed by atoms with Crippen LogP contribution in [0.4, 0.5) is 0 Å². The van der Waals surface area contributed by atoms with Crippen molar-refractivity contribution in [3.63, 3.8) is 0 Å². The van der Waals surface area contributed by atoms with E-state index in [4.69, 9.17) is 5.73 Å². The molecule has 1 heterocycles. The lowest BCUT2D eigenvalue weighted by molar-refractivity contribution is -0.121. The fourth-order valence-electron chi connectivity index (χ4n) is 2.22. The van der Waals surface area contributed by atoms with Gasteiger partial charge in [-0.05, 0) is 19.4 Å². The van der Waals surface area contributed by atoms with Crippen molar-refractivity contribution in [3.05, 3.63) is 54.1 Å². The van der Waals surface area contributed by atoms with Gasteiger partial charge in [0.05, 0.1) is 24.3 Å². The number of carbonyl (C=O) groups excluding carboxylic acids is 1. The summed E-state index contributed by atoms with van der Waals surface area (Å²) in [5.74, 6) is 0.0398. The third kappa shape index (κ3) is 4.16. The Hall–Kier alpha value is -2.14. The number of hydrogen-bond donors (Lipinski definition) is 2. The van der Waals surface area contributed by atoms with Gasteiger partial charge in [0.2, 0.25) is 5.91 Å². The first-order valence-electron chi connectivity index (χ1n) is 7.18. The van der Waals surface area contributed by atoms with E-state index in [1.165, 1.54) is 0 Å². The van der Waals surface area contributed by atoms with Gasteiger partial charge in [0.1, 0.15) is 0 Å². The van der Waals surface area contributed by atoms with Crippen molar-refractivity contribution in [3.8, 4) is 0 Å². The Morgan fingerprint density at radius 3 is 2.71 bits per heavy atom. The predicted octanol–water partition coefficient (Wildman–Crippen LogP) is 1.85. The van der Waals surface area contributed by atoms with Crippen LogP contribution in [0.5, 0.6) is 0 Å². The third-order valence-electron chi connectivity index (χ3n) is 3.25. The number of nitrogens with one attached hydrogen (secondary N) is 1. The smallest absolute Gasteiger partial charge is 0.221 e. The molecule has 2 aromatic rings. The highest BCUT2D eigenvalue weighted by Crippen LogP contribution is 2.19. The highest BCUT2D eigenvalue weighted by molar-refractivity contribution is 5.76. The van der Waals surface area contributed by atoms with Gasteiger partial charge < -0.3 is 15.6 Å².